The summed E-state index contributed by atoms with van der Waals surface area (Å²) in [6, 6.07) is 15.4. The third kappa shape index (κ3) is 2.92. The first kappa shape index (κ1) is 16.3. The smallest absolute Gasteiger partial charge is 0.258 e. The van der Waals surface area contributed by atoms with Crippen LogP contribution in [0.5, 0.6) is 0 Å². The van der Waals surface area contributed by atoms with Gasteiger partial charge in [-0.2, -0.15) is 0 Å². The van der Waals surface area contributed by atoms with Gasteiger partial charge in [0.15, 0.2) is 0 Å². The molecule has 2 aromatic carbocycles. The number of aromatic nitrogens is 4. The molecule has 4 rings (SSSR count). The summed E-state index contributed by atoms with van der Waals surface area (Å²) in [6.45, 7) is 3.75. The first-order chi connectivity index (χ1) is 12.6. The Kier molecular flexibility index (Phi) is 4.12. The van der Waals surface area contributed by atoms with Crippen molar-refractivity contribution in [2.75, 3.05) is 29.9 Å². The van der Waals surface area contributed by atoms with Crippen LogP contribution in [0.25, 0.3) is 5.69 Å². The van der Waals surface area contributed by atoms with Crippen LogP contribution >= 0.6 is 0 Å². The molecule has 2 heterocycles. The number of hydrogen-bond donors (Lipinski definition) is 0. The SMILES string of the molecule is CC1CN(C)c2ccccc2N(C(=O)c2cccc(-n3cnnn3)c2)C1. The lowest BCUT2D eigenvalue weighted by Crippen LogP contribution is -2.35. The normalized spacial score (nSPS) is 16.9. The van der Waals surface area contributed by atoms with Crippen molar-refractivity contribution in [1.29, 1.82) is 0 Å². The Bertz CT molecular complexity index is 923. The van der Waals surface area contributed by atoms with Crippen LogP contribution < -0.4 is 9.80 Å². The number of amides is 1. The molecule has 0 spiro atoms. The molecule has 1 unspecified atom stereocenters. The van der Waals surface area contributed by atoms with Gasteiger partial charge in [0, 0.05) is 25.7 Å². The van der Waals surface area contributed by atoms with E-state index < -0.39 is 0 Å². The fourth-order valence-electron chi connectivity index (χ4n) is 3.46. The second-order valence-electron chi connectivity index (χ2n) is 6.69. The fourth-order valence-corrected chi connectivity index (χ4v) is 3.46. The maximum atomic E-state index is 13.3. The Morgan fingerprint density at radius 1 is 1.08 bits per heavy atom. The average Bonchev–Trinajstić information content (AvgIpc) is 3.16. The molecular formula is C19H20N6O. The highest BCUT2D eigenvalue weighted by Crippen LogP contribution is 2.33. The molecule has 0 saturated carbocycles. The van der Waals surface area contributed by atoms with Gasteiger partial charge in [-0.15, -0.1) is 5.10 Å². The van der Waals surface area contributed by atoms with Crippen LogP contribution in [0, 0.1) is 5.92 Å². The maximum Gasteiger partial charge on any atom is 0.258 e. The molecule has 7 nitrogen and oxygen atoms in total. The van der Waals surface area contributed by atoms with E-state index in [9.17, 15) is 4.79 Å². The fraction of sp³-hybridized carbons (Fsp3) is 0.263. The van der Waals surface area contributed by atoms with Crippen LogP contribution in [0.1, 0.15) is 17.3 Å². The predicted molar refractivity (Wildman–Crippen MR) is 99.7 cm³/mol. The molecule has 0 saturated heterocycles. The lowest BCUT2D eigenvalue weighted by atomic mass is 10.1. The van der Waals surface area contributed by atoms with E-state index in [0.29, 0.717) is 18.0 Å². The van der Waals surface area contributed by atoms with Crippen molar-refractivity contribution >= 4 is 17.3 Å². The summed E-state index contributed by atoms with van der Waals surface area (Å²) >= 11 is 0. The van der Waals surface area contributed by atoms with Crippen LogP contribution in [-0.4, -0.2) is 46.3 Å². The highest BCUT2D eigenvalue weighted by molar-refractivity contribution is 6.08. The molecule has 7 heteroatoms. The average molecular weight is 348 g/mol. The van der Waals surface area contributed by atoms with E-state index in [2.05, 4.69) is 40.5 Å². The minimum Gasteiger partial charge on any atom is -0.373 e. The molecule has 0 aliphatic carbocycles. The molecule has 1 aliphatic heterocycles. The van der Waals surface area contributed by atoms with E-state index >= 15 is 0 Å². The number of carbonyl (C=O) groups excluding carboxylic acids is 1. The van der Waals surface area contributed by atoms with Crippen LogP contribution in [0.2, 0.25) is 0 Å². The Balaban J connectivity index is 1.73. The monoisotopic (exact) mass is 348 g/mol. The van der Waals surface area contributed by atoms with Gasteiger partial charge in [0.1, 0.15) is 6.33 Å². The zero-order valence-corrected chi connectivity index (χ0v) is 14.8. The predicted octanol–water partition coefficient (Wildman–Crippen LogP) is 2.40. The zero-order chi connectivity index (χ0) is 18.1. The number of hydrogen-bond acceptors (Lipinski definition) is 5. The third-order valence-electron chi connectivity index (χ3n) is 4.62. The van der Waals surface area contributed by atoms with Crippen molar-refractivity contribution in [3.63, 3.8) is 0 Å². The van der Waals surface area contributed by atoms with Gasteiger partial charge >= 0.3 is 0 Å². The molecule has 1 aromatic heterocycles. The maximum absolute atomic E-state index is 13.3. The number of carbonyl (C=O) groups is 1. The Morgan fingerprint density at radius 3 is 2.65 bits per heavy atom. The van der Waals surface area contributed by atoms with Gasteiger partial charge in [-0.3, -0.25) is 4.79 Å². The molecule has 0 radical (unpaired) electrons. The molecule has 0 fully saturated rings. The highest BCUT2D eigenvalue weighted by Gasteiger charge is 2.27. The van der Waals surface area contributed by atoms with Gasteiger partial charge in [0.2, 0.25) is 0 Å². The van der Waals surface area contributed by atoms with Crippen molar-refractivity contribution in [3.05, 3.63) is 60.4 Å². The van der Waals surface area contributed by atoms with Crippen LogP contribution in [0.3, 0.4) is 0 Å². The minimum atomic E-state index is -0.0190. The van der Waals surface area contributed by atoms with Crippen LogP contribution in [-0.2, 0) is 0 Å². The van der Waals surface area contributed by atoms with Crippen LogP contribution in [0.4, 0.5) is 11.4 Å². The molecule has 0 N–H and O–H groups in total. The first-order valence-electron chi connectivity index (χ1n) is 8.59. The second-order valence-corrected chi connectivity index (χ2v) is 6.69. The van der Waals surface area contributed by atoms with Gasteiger partial charge in [-0.25, -0.2) is 4.68 Å². The summed E-state index contributed by atoms with van der Waals surface area (Å²) in [5.74, 6) is 0.341. The Hall–Kier alpha value is -3.22. The number of para-hydroxylation sites is 2. The van der Waals surface area contributed by atoms with E-state index in [1.54, 1.807) is 4.68 Å². The van der Waals surface area contributed by atoms with Gasteiger partial charge in [0.25, 0.3) is 5.91 Å². The van der Waals surface area contributed by atoms with Crippen molar-refractivity contribution in [2.24, 2.45) is 5.92 Å². The zero-order valence-electron chi connectivity index (χ0n) is 14.8. The summed E-state index contributed by atoms with van der Waals surface area (Å²) in [4.78, 5) is 17.4. The van der Waals surface area contributed by atoms with Crippen molar-refractivity contribution < 1.29 is 4.79 Å². The van der Waals surface area contributed by atoms with Gasteiger partial charge < -0.3 is 9.80 Å². The molecule has 26 heavy (non-hydrogen) atoms. The molecular weight excluding hydrogens is 328 g/mol. The largest absolute Gasteiger partial charge is 0.373 e. The molecule has 132 valence electrons. The second kappa shape index (κ2) is 6.59. The summed E-state index contributed by atoms with van der Waals surface area (Å²) < 4.78 is 1.55. The molecule has 1 amide bonds. The van der Waals surface area contributed by atoms with E-state index in [4.69, 9.17) is 0 Å². The minimum absolute atomic E-state index is 0.0190. The number of nitrogens with zero attached hydrogens (tertiary/aromatic N) is 6. The van der Waals surface area contributed by atoms with Gasteiger partial charge in [-0.1, -0.05) is 25.1 Å². The van der Waals surface area contributed by atoms with E-state index in [1.807, 2.05) is 47.4 Å². The Labute approximate surface area is 151 Å². The molecule has 1 atom stereocenters. The van der Waals surface area contributed by atoms with E-state index in [1.165, 1.54) is 6.33 Å². The number of benzene rings is 2. The molecule has 1 aliphatic rings. The van der Waals surface area contributed by atoms with E-state index in [0.717, 1.165) is 23.6 Å². The molecule has 0 bridgehead atoms. The lowest BCUT2D eigenvalue weighted by Gasteiger charge is -2.24. The summed E-state index contributed by atoms with van der Waals surface area (Å²) in [6.07, 6.45) is 1.52. The van der Waals surface area contributed by atoms with Crippen molar-refractivity contribution in [1.82, 2.24) is 20.2 Å². The molecule has 3 aromatic rings. The Morgan fingerprint density at radius 2 is 1.88 bits per heavy atom. The van der Waals surface area contributed by atoms with Gasteiger partial charge in [0.05, 0.1) is 17.1 Å². The number of rotatable bonds is 2. The number of fused-ring (bicyclic) bond motifs is 1. The van der Waals surface area contributed by atoms with Crippen LogP contribution in [0.15, 0.2) is 54.9 Å². The number of anilines is 2. The van der Waals surface area contributed by atoms with Crippen molar-refractivity contribution in [3.8, 4) is 5.69 Å². The quantitative estimate of drug-likeness (QED) is 0.711. The van der Waals surface area contributed by atoms with Crippen molar-refractivity contribution in [2.45, 2.75) is 6.92 Å². The third-order valence-corrected chi connectivity index (χ3v) is 4.62. The summed E-state index contributed by atoms with van der Waals surface area (Å²) in [7, 11) is 2.07. The summed E-state index contributed by atoms with van der Waals surface area (Å²) in [5, 5.41) is 11.2. The van der Waals surface area contributed by atoms with E-state index in [-0.39, 0.29) is 5.91 Å². The highest BCUT2D eigenvalue weighted by atomic mass is 16.2. The standard InChI is InChI=1S/C19H20N6O/c1-14-11-23(2)17-8-3-4-9-18(17)24(12-14)19(26)15-6-5-7-16(10-15)25-13-20-21-22-25/h3-10,13-14H,11-12H2,1-2H3. The van der Waals surface area contributed by atoms with Gasteiger partial charge in [-0.05, 0) is 46.7 Å². The lowest BCUT2D eigenvalue weighted by molar-refractivity contribution is 0.0984. The summed E-state index contributed by atoms with van der Waals surface area (Å²) in [5.41, 5.74) is 3.39. The first-order valence-corrected chi connectivity index (χ1v) is 8.59. The number of tetrazole rings is 1. The topological polar surface area (TPSA) is 67.2 Å².